The number of hydrogen-bond donors (Lipinski definition) is 2. The molecule has 2 aromatic rings. The largest absolute Gasteiger partial charge is 0.318 e. The minimum atomic E-state index is -0.446. The summed E-state index contributed by atoms with van der Waals surface area (Å²) >= 11 is 6.05. The van der Waals surface area contributed by atoms with Crippen LogP contribution in [0.4, 0.5) is 10.1 Å². The predicted molar refractivity (Wildman–Crippen MR) is 111 cm³/mol. The second-order valence-corrected chi connectivity index (χ2v) is 6.95. The summed E-state index contributed by atoms with van der Waals surface area (Å²) < 4.78 is 16.0. The third kappa shape index (κ3) is 4.08. The van der Waals surface area contributed by atoms with Crippen molar-refractivity contribution in [1.29, 1.82) is 0 Å². The molecular weight excluding hydrogens is 379 g/mol. The van der Waals surface area contributed by atoms with Crippen molar-refractivity contribution in [2.45, 2.75) is 26.8 Å². The molecule has 3 rings (SSSR count). The highest BCUT2D eigenvalue weighted by Gasteiger charge is 2.20. The van der Waals surface area contributed by atoms with Crippen LogP contribution in [0.3, 0.4) is 0 Å². The Morgan fingerprint density at radius 3 is 2.93 bits per heavy atom. The summed E-state index contributed by atoms with van der Waals surface area (Å²) in [6, 6.07) is 3.19. The van der Waals surface area contributed by atoms with Gasteiger partial charge in [-0.2, -0.15) is 5.10 Å². The number of aryl methyl sites for hydroxylation is 1. The average molecular weight is 401 g/mol. The average Bonchev–Trinajstić information content (AvgIpc) is 3.07. The van der Waals surface area contributed by atoms with E-state index in [0.717, 1.165) is 24.1 Å². The van der Waals surface area contributed by atoms with Gasteiger partial charge in [0.15, 0.2) is 0 Å². The van der Waals surface area contributed by atoms with E-state index in [0.29, 0.717) is 28.5 Å². The molecule has 0 atom stereocenters. The molecule has 0 unspecified atom stereocenters. The number of nitrogens with one attached hydrogen (secondary N) is 2. The van der Waals surface area contributed by atoms with E-state index >= 15 is 0 Å². The number of anilines is 1. The molecule has 0 bridgehead atoms. The van der Waals surface area contributed by atoms with Crippen LogP contribution in [0.15, 0.2) is 48.2 Å². The van der Waals surface area contributed by atoms with Gasteiger partial charge in [-0.15, -0.1) is 0 Å². The fraction of sp³-hybridized carbons (Fsp3) is 0.238. The molecule has 0 fully saturated rings. The van der Waals surface area contributed by atoms with Crippen molar-refractivity contribution in [2.24, 2.45) is 0 Å². The lowest BCUT2D eigenvalue weighted by molar-refractivity contribution is 0.101. The number of allylic oxidation sites excluding steroid dienone is 5. The van der Waals surface area contributed by atoms with Crippen molar-refractivity contribution in [3.63, 3.8) is 0 Å². The van der Waals surface area contributed by atoms with Gasteiger partial charge in [0, 0.05) is 17.1 Å². The Kier molecular flexibility index (Phi) is 6.11. The second kappa shape index (κ2) is 8.54. The van der Waals surface area contributed by atoms with Crippen LogP contribution in [0.2, 0.25) is 0 Å². The lowest BCUT2D eigenvalue weighted by atomic mass is 10.00. The van der Waals surface area contributed by atoms with Crippen LogP contribution < -0.4 is 10.6 Å². The van der Waals surface area contributed by atoms with Gasteiger partial charge in [-0.25, -0.2) is 9.07 Å². The number of carbonyl (C=O) groups excluding carboxylic acids is 1. The summed E-state index contributed by atoms with van der Waals surface area (Å²) in [7, 11) is 0. The van der Waals surface area contributed by atoms with Crippen LogP contribution in [0.5, 0.6) is 0 Å². The van der Waals surface area contributed by atoms with Crippen molar-refractivity contribution < 1.29 is 9.18 Å². The van der Waals surface area contributed by atoms with Gasteiger partial charge < -0.3 is 10.6 Å². The molecule has 2 heterocycles. The smallest absolute Gasteiger partial charge is 0.274 e. The van der Waals surface area contributed by atoms with Gasteiger partial charge in [-0.1, -0.05) is 30.3 Å². The first-order valence-corrected chi connectivity index (χ1v) is 9.36. The molecule has 1 aromatic carbocycles. The van der Waals surface area contributed by atoms with E-state index < -0.39 is 11.7 Å². The van der Waals surface area contributed by atoms with Gasteiger partial charge >= 0.3 is 0 Å². The minimum Gasteiger partial charge on any atom is -0.318 e. The molecule has 0 radical (unpaired) electrons. The number of nitrogens with zero attached hydrogens (tertiary/aromatic N) is 2. The van der Waals surface area contributed by atoms with Crippen molar-refractivity contribution in [3.05, 3.63) is 76.4 Å². The third-order valence-corrected chi connectivity index (χ3v) is 4.88. The van der Waals surface area contributed by atoms with E-state index in [9.17, 15) is 9.18 Å². The van der Waals surface area contributed by atoms with Crippen molar-refractivity contribution in [2.75, 3.05) is 11.9 Å². The summed E-state index contributed by atoms with van der Waals surface area (Å²) in [5.74, 6) is -0.890. The van der Waals surface area contributed by atoms with Crippen LogP contribution >= 0.6 is 11.6 Å². The molecule has 1 aromatic heterocycles. The maximum atomic E-state index is 14.5. The van der Waals surface area contributed by atoms with E-state index in [-0.39, 0.29) is 5.69 Å². The first-order chi connectivity index (χ1) is 13.4. The Morgan fingerprint density at radius 1 is 1.43 bits per heavy atom. The fourth-order valence-electron chi connectivity index (χ4n) is 3.15. The summed E-state index contributed by atoms with van der Waals surface area (Å²) in [5.41, 5.74) is 3.70. The summed E-state index contributed by atoms with van der Waals surface area (Å²) in [5, 5.41) is 10.6. The lowest BCUT2D eigenvalue weighted by Gasteiger charge is -2.19. The van der Waals surface area contributed by atoms with Gasteiger partial charge in [0.25, 0.3) is 5.91 Å². The first-order valence-electron chi connectivity index (χ1n) is 8.99. The number of carbonyl (C=O) groups is 1. The van der Waals surface area contributed by atoms with Crippen molar-refractivity contribution in [3.8, 4) is 0 Å². The van der Waals surface area contributed by atoms with Crippen LogP contribution in [-0.4, -0.2) is 22.2 Å². The maximum Gasteiger partial charge on any atom is 0.274 e. The molecule has 0 aliphatic carbocycles. The molecule has 5 nitrogen and oxygen atoms in total. The van der Waals surface area contributed by atoms with Crippen molar-refractivity contribution in [1.82, 2.24) is 15.1 Å². The number of halogens is 2. The molecule has 0 saturated carbocycles. The van der Waals surface area contributed by atoms with Gasteiger partial charge in [0.05, 0.1) is 17.6 Å². The molecule has 7 heteroatoms. The van der Waals surface area contributed by atoms with E-state index in [4.69, 9.17) is 11.6 Å². The number of amides is 1. The molecule has 146 valence electrons. The number of fused-ring (bicyclic) bond motifs is 1. The third-order valence-electron chi connectivity index (χ3n) is 4.61. The molecule has 28 heavy (non-hydrogen) atoms. The van der Waals surface area contributed by atoms with E-state index in [2.05, 4.69) is 22.3 Å². The van der Waals surface area contributed by atoms with Gasteiger partial charge in [-0.05, 0) is 56.1 Å². The quantitative estimate of drug-likeness (QED) is 0.731. The van der Waals surface area contributed by atoms with Gasteiger partial charge in [-0.3, -0.25) is 4.79 Å². The zero-order valence-electron chi connectivity index (χ0n) is 15.9. The van der Waals surface area contributed by atoms with Crippen LogP contribution in [0, 0.1) is 12.7 Å². The number of benzene rings is 1. The maximum absolute atomic E-state index is 14.5. The SMILES string of the molecule is C=C/C(Cl)=C\C(=C/C)n1ncc(C)c1C(=O)Nc1cc2c(cc1F)CCNC2. The molecule has 1 aliphatic heterocycles. The highest BCUT2D eigenvalue weighted by atomic mass is 35.5. The van der Waals surface area contributed by atoms with Gasteiger partial charge in [0.1, 0.15) is 11.5 Å². The standard InChI is InChI=1S/C21H22ClFN4O/c1-4-16(22)10-17(5-2)27-20(13(3)11-25-27)21(28)26-19-9-15-12-24-7-6-14(15)8-18(19)23/h4-5,8-11,24H,1,6-7,12H2,2-3H3,(H,26,28)/b16-10+,17-5+. The van der Waals surface area contributed by atoms with Crippen LogP contribution in [0.1, 0.15) is 34.1 Å². The Hall–Kier alpha value is -2.70. The Morgan fingerprint density at radius 2 is 2.21 bits per heavy atom. The number of hydrogen-bond acceptors (Lipinski definition) is 3. The van der Waals surface area contributed by atoms with Crippen LogP contribution in [0.25, 0.3) is 5.70 Å². The molecular formula is C21H22ClFN4O. The molecule has 0 spiro atoms. The summed E-state index contributed by atoms with van der Waals surface area (Å²) in [4.78, 5) is 13.0. The topological polar surface area (TPSA) is 59.0 Å². The summed E-state index contributed by atoms with van der Waals surface area (Å²) in [6.07, 6.45) is 7.29. The molecule has 1 amide bonds. The Bertz CT molecular complexity index is 991. The second-order valence-electron chi connectivity index (χ2n) is 6.52. The number of aromatic nitrogens is 2. The predicted octanol–water partition coefficient (Wildman–Crippen LogP) is 4.40. The highest BCUT2D eigenvalue weighted by Crippen LogP contribution is 2.24. The zero-order valence-corrected chi connectivity index (χ0v) is 16.6. The molecule has 1 aliphatic rings. The summed E-state index contributed by atoms with van der Waals surface area (Å²) in [6.45, 7) is 8.69. The van der Waals surface area contributed by atoms with E-state index in [1.165, 1.54) is 16.8 Å². The molecule has 0 saturated heterocycles. The zero-order chi connectivity index (χ0) is 20.3. The lowest BCUT2D eigenvalue weighted by Crippen LogP contribution is -2.24. The van der Waals surface area contributed by atoms with Crippen LogP contribution in [-0.2, 0) is 13.0 Å². The van der Waals surface area contributed by atoms with E-state index in [1.807, 2.05) is 6.92 Å². The Balaban J connectivity index is 1.94. The fourth-order valence-corrected chi connectivity index (χ4v) is 3.26. The highest BCUT2D eigenvalue weighted by molar-refractivity contribution is 6.31. The first kappa shape index (κ1) is 20.0. The van der Waals surface area contributed by atoms with Crippen molar-refractivity contribution >= 4 is 28.9 Å². The minimum absolute atomic E-state index is 0.154. The van der Waals surface area contributed by atoms with Gasteiger partial charge in [0.2, 0.25) is 0 Å². The monoisotopic (exact) mass is 400 g/mol. The van der Waals surface area contributed by atoms with E-state index in [1.54, 1.807) is 31.3 Å². The normalized spacial score (nSPS) is 14.6. The molecule has 2 N–H and O–H groups in total. The number of rotatable bonds is 5. The Labute approximate surface area is 168 Å².